The van der Waals surface area contributed by atoms with E-state index in [2.05, 4.69) is 9.88 Å². The van der Waals surface area contributed by atoms with Crippen LogP contribution < -0.4 is 5.56 Å². The maximum Gasteiger partial charge on any atom is 0.258 e. The summed E-state index contributed by atoms with van der Waals surface area (Å²) in [5, 5.41) is 1.87. The molecule has 3 heterocycles. The summed E-state index contributed by atoms with van der Waals surface area (Å²) >= 11 is 1.47. The van der Waals surface area contributed by atoms with E-state index in [0.717, 1.165) is 43.3 Å². The van der Waals surface area contributed by atoms with E-state index in [-0.39, 0.29) is 17.4 Å². The van der Waals surface area contributed by atoms with Crippen LogP contribution >= 0.6 is 11.3 Å². The van der Waals surface area contributed by atoms with Gasteiger partial charge in [0.05, 0.1) is 5.69 Å². The van der Waals surface area contributed by atoms with Crippen molar-refractivity contribution in [1.82, 2.24) is 19.2 Å². The van der Waals surface area contributed by atoms with Crippen molar-refractivity contribution in [3.8, 4) is 0 Å². The van der Waals surface area contributed by atoms with Gasteiger partial charge in [-0.2, -0.15) is 0 Å². The smallest absolute Gasteiger partial charge is 0.258 e. The molecule has 0 N–H and O–H groups in total. The minimum absolute atomic E-state index is 0.0307. The molecule has 0 saturated carbocycles. The number of nitrogens with zero attached hydrogens (tertiary/aromatic N) is 4. The molecule has 0 spiro atoms. The van der Waals surface area contributed by atoms with Gasteiger partial charge in [0.15, 0.2) is 4.96 Å². The number of carbonyl (C=O) groups is 1. The second-order valence-corrected chi connectivity index (χ2v) is 6.93. The van der Waals surface area contributed by atoms with Crippen LogP contribution in [0.25, 0.3) is 4.96 Å². The van der Waals surface area contributed by atoms with Crippen LogP contribution in [0.4, 0.5) is 0 Å². The molecule has 124 valence electrons. The molecule has 1 aliphatic heterocycles. The van der Waals surface area contributed by atoms with Crippen LogP contribution in [0.15, 0.2) is 22.4 Å². The summed E-state index contributed by atoms with van der Waals surface area (Å²) in [6.07, 6.45) is 2.63. The highest BCUT2D eigenvalue weighted by Crippen LogP contribution is 2.12. The molecular formula is C16H22N4O2S. The van der Waals surface area contributed by atoms with Crippen LogP contribution in [-0.2, 0) is 11.3 Å². The Bertz CT molecular complexity index is 746. The minimum Gasteiger partial charge on any atom is -0.340 e. The average Bonchev–Trinajstić information content (AvgIpc) is 3.03. The fourth-order valence-corrected chi connectivity index (χ4v) is 3.55. The first-order chi connectivity index (χ1) is 11.1. The summed E-state index contributed by atoms with van der Waals surface area (Å²) in [6, 6.07) is 1.61. The molecule has 1 atom stereocenters. The Morgan fingerprint density at radius 1 is 1.35 bits per heavy atom. The molecule has 3 rings (SSSR count). The summed E-state index contributed by atoms with van der Waals surface area (Å²) in [4.78, 5) is 33.7. The van der Waals surface area contributed by atoms with Crippen LogP contribution in [0.5, 0.6) is 0 Å². The van der Waals surface area contributed by atoms with Gasteiger partial charge < -0.3 is 4.90 Å². The largest absolute Gasteiger partial charge is 0.340 e. The number of fused-ring (bicyclic) bond motifs is 1. The highest BCUT2D eigenvalue weighted by molar-refractivity contribution is 7.15. The van der Waals surface area contributed by atoms with Crippen molar-refractivity contribution in [1.29, 1.82) is 0 Å². The number of hydrogen-bond acceptors (Lipinski definition) is 5. The number of carbonyl (C=O) groups excluding carboxylic acids is 1. The van der Waals surface area contributed by atoms with Gasteiger partial charge in [-0.25, -0.2) is 4.98 Å². The molecule has 2 aromatic heterocycles. The summed E-state index contributed by atoms with van der Waals surface area (Å²) in [6.45, 7) is 7.86. The standard InChI is InChI=1S/C16H22N4O2S/c1-3-12(2)15(22)19-6-4-18(5-7-19)11-13-10-14(21)20-8-9-23-16(20)17-13/h8-10,12H,3-7,11H2,1-2H3/t12-/m0/s1. The van der Waals surface area contributed by atoms with E-state index in [0.29, 0.717) is 6.54 Å². The average molecular weight is 334 g/mol. The first kappa shape index (κ1) is 16.1. The summed E-state index contributed by atoms with van der Waals surface area (Å²) in [7, 11) is 0. The Morgan fingerprint density at radius 2 is 2.09 bits per heavy atom. The SMILES string of the molecule is CC[C@H](C)C(=O)N1CCN(Cc2cc(=O)n3ccsc3n2)CC1. The van der Waals surface area contributed by atoms with Crippen molar-refractivity contribution in [2.45, 2.75) is 26.8 Å². The van der Waals surface area contributed by atoms with Gasteiger partial charge in [-0.1, -0.05) is 13.8 Å². The van der Waals surface area contributed by atoms with Crippen molar-refractivity contribution < 1.29 is 4.79 Å². The number of piperazine rings is 1. The second-order valence-electron chi connectivity index (χ2n) is 6.05. The third-order valence-electron chi connectivity index (χ3n) is 4.46. The first-order valence-corrected chi connectivity index (χ1v) is 8.93. The fourth-order valence-electron chi connectivity index (χ4n) is 2.81. The molecule has 0 aromatic carbocycles. The molecule has 0 radical (unpaired) electrons. The first-order valence-electron chi connectivity index (χ1n) is 8.05. The Hall–Kier alpha value is -1.73. The van der Waals surface area contributed by atoms with Crippen molar-refractivity contribution >= 4 is 22.2 Å². The second kappa shape index (κ2) is 6.80. The third-order valence-corrected chi connectivity index (χ3v) is 5.22. The predicted octanol–water partition coefficient (Wildman–Crippen LogP) is 1.45. The van der Waals surface area contributed by atoms with Crippen molar-refractivity contribution in [3.05, 3.63) is 33.7 Å². The van der Waals surface area contributed by atoms with E-state index in [9.17, 15) is 9.59 Å². The molecular weight excluding hydrogens is 312 g/mol. The fraction of sp³-hybridized carbons (Fsp3) is 0.562. The van der Waals surface area contributed by atoms with Crippen LogP contribution in [0.2, 0.25) is 0 Å². The Balaban J connectivity index is 1.62. The Kier molecular flexibility index (Phi) is 4.77. The monoisotopic (exact) mass is 334 g/mol. The van der Waals surface area contributed by atoms with Gasteiger partial charge >= 0.3 is 0 Å². The number of amides is 1. The maximum atomic E-state index is 12.2. The molecule has 1 saturated heterocycles. The van der Waals surface area contributed by atoms with Gasteiger partial charge in [0.1, 0.15) is 0 Å². The lowest BCUT2D eigenvalue weighted by atomic mass is 10.1. The molecule has 2 aromatic rings. The molecule has 0 unspecified atom stereocenters. The van der Waals surface area contributed by atoms with Gasteiger partial charge in [-0.15, -0.1) is 11.3 Å². The van der Waals surface area contributed by atoms with Gasteiger partial charge in [0.25, 0.3) is 5.56 Å². The van der Waals surface area contributed by atoms with Crippen LogP contribution in [0.1, 0.15) is 26.0 Å². The molecule has 1 aliphatic rings. The highest BCUT2D eigenvalue weighted by atomic mass is 32.1. The zero-order valence-corrected chi connectivity index (χ0v) is 14.4. The van der Waals surface area contributed by atoms with Gasteiger partial charge in [0, 0.05) is 56.3 Å². The minimum atomic E-state index is -0.0307. The van der Waals surface area contributed by atoms with Gasteiger partial charge in [-0.05, 0) is 6.42 Å². The van der Waals surface area contributed by atoms with Gasteiger partial charge in [-0.3, -0.25) is 18.9 Å². The maximum absolute atomic E-state index is 12.2. The number of thiazole rings is 1. The Morgan fingerprint density at radius 3 is 2.78 bits per heavy atom. The number of rotatable bonds is 4. The molecule has 0 aliphatic carbocycles. The van der Waals surface area contributed by atoms with Crippen LogP contribution in [0, 0.1) is 5.92 Å². The highest BCUT2D eigenvalue weighted by Gasteiger charge is 2.24. The van der Waals surface area contributed by atoms with E-state index in [1.165, 1.54) is 11.3 Å². The molecule has 0 bridgehead atoms. The summed E-state index contributed by atoms with van der Waals surface area (Å²) in [5.74, 6) is 0.355. The van der Waals surface area contributed by atoms with E-state index >= 15 is 0 Å². The van der Waals surface area contributed by atoms with Crippen molar-refractivity contribution in [2.75, 3.05) is 26.2 Å². The summed E-state index contributed by atoms with van der Waals surface area (Å²) < 4.78 is 1.57. The molecule has 23 heavy (non-hydrogen) atoms. The lowest BCUT2D eigenvalue weighted by molar-refractivity contribution is -0.136. The quantitative estimate of drug-likeness (QED) is 0.849. The van der Waals surface area contributed by atoms with E-state index < -0.39 is 0 Å². The van der Waals surface area contributed by atoms with Crippen LogP contribution in [0.3, 0.4) is 0 Å². The van der Waals surface area contributed by atoms with Crippen LogP contribution in [-0.4, -0.2) is 51.3 Å². The van der Waals surface area contributed by atoms with Gasteiger partial charge in [0.2, 0.25) is 5.91 Å². The lowest BCUT2D eigenvalue weighted by Gasteiger charge is -2.35. The molecule has 7 heteroatoms. The van der Waals surface area contributed by atoms with E-state index in [1.807, 2.05) is 24.1 Å². The zero-order chi connectivity index (χ0) is 16.4. The number of hydrogen-bond donors (Lipinski definition) is 0. The van der Waals surface area contributed by atoms with Crippen molar-refractivity contribution in [2.24, 2.45) is 5.92 Å². The van der Waals surface area contributed by atoms with E-state index in [4.69, 9.17) is 0 Å². The molecule has 1 amide bonds. The zero-order valence-electron chi connectivity index (χ0n) is 13.6. The van der Waals surface area contributed by atoms with E-state index in [1.54, 1.807) is 16.7 Å². The normalized spacial score (nSPS) is 17.6. The lowest BCUT2D eigenvalue weighted by Crippen LogP contribution is -2.49. The summed E-state index contributed by atoms with van der Waals surface area (Å²) in [5.41, 5.74) is 0.774. The molecule has 6 nitrogen and oxygen atoms in total. The topological polar surface area (TPSA) is 57.9 Å². The number of aromatic nitrogens is 2. The Labute approximate surface area is 139 Å². The van der Waals surface area contributed by atoms with Crippen molar-refractivity contribution in [3.63, 3.8) is 0 Å². The molecule has 1 fully saturated rings. The third kappa shape index (κ3) is 3.45. The predicted molar refractivity (Wildman–Crippen MR) is 90.7 cm³/mol.